The Kier molecular flexibility index (Phi) is 19.5. The van der Waals surface area contributed by atoms with Crippen molar-refractivity contribution in [3.05, 3.63) is 306 Å². The third-order valence-corrected chi connectivity index (χ3v) is 23.9. The molecule has 0 saturated heterocycles. The van der Waals surface area contributed by atoms with Gasteiger partial charge in [0.2, 0.25) is 0 Å². The average Bonchev–Trinajstić information content (AvgIpc) is 1.68. The second-order valence-corrected chi connectivity index (χ2v) is 42.8. The highest BCUT2D eigenvalue weighted by Crippen LogP contribution is 2.54. The third kappa shape index (κ3) is 15.7. The first-order valence-corrected chi connectivity index (χ1v) is 43.1. The Hall–Kier alpha value is -10.9. The Balaban J connectivity index is 1.04. The maximum atomic E-state index is 2.76. The molecule has 0 spiro atoms. The van der Waals surface area contributed by atoms with E-state index >= 15 is 0 Å². The van der Waals surface area contributed by atoms with E-state index in [0.29, 0.717) is 0 Å². The summed E-state index contributed by atoms with van der Waals surface area (Å²) in [6.45, 7) is 49.8. The Morgan fingerprint density at radius 3 is 0.795 bits per heavy atom. The van der Waals surface area contributed by atoms with Gasteiger partial charge in [-0.1, -0.05) is 303 Å². The minimum absolute atomic E-state index is 0.0181. The first kappa shape index (κ1) is 78.6. The van der Waals surface area contributed by atoms with Crippen LogP contribution in [0, 0.1) is 32.5 Å². The van der Waals surface area contributed by atoms with Gasteiger partial charge in [-0.25, -0.2) is 0 Å². The summed E-state index contributed by atoms with van der Waals surface area (Å²) in [5.41, 5.74) is 37.0. The maximum absolute atomic E-state index is 2.76. The summed E-state index contributed by atoms with van der Waals surface area (Å²) in [5, 5.41) is 5.18. The van der Waals surface area contributed by atoms with E-state index in [1.165, 1.54) is 155 Å². The van der Waals surface area contributed by atoms with Crippen molar-refractivity contribution in [3.63, 3.8) is 0 Å². The largest absolute Gasteiger partial charge is 0.311 e. The van der Waals surface area contributed by atoms with Crippen molar-refractivity contribution < 1.29 is 0 Å². The molecule has 2 aliphatic heterocycles. The molecule has 15 aromatic rings. The number of nitrogens with zero attached hydrogens (tertiary/aromatic N) is 4. The summed E-state index contributed by atoms with van der Waals surface area (Å²) in [5.74, 6) is 0. The van der Waals surface area contributed by atoms with Crippen molar-refractivity contribution in [2.24, 2.45) is 32.5 Å². The lowest BCUT2D eigenvalue weighted by Gasteiger charge is -2.46. The van der Waals surface area contributed by atoms with Gasteiger partial charge in [-0.05, 0) is 274 Å². The second kappa shape index (κ2) is 29.0. The lowest BCUT2D eigenvalue weighted by Crippen LogP contribution is -2.61. The van der Waals surface area contributed by atoms with E-state index in [-0.39, 0.29) is 44.6 Å². The monoisotopic (exact) mass is 1530 g/mol. The van der Waals surface area contributed by atoms with Crippen LogP contribution in [0.3, 0.4) is 0 Å². The van der Waals surface area contributed by atoms with Crippen molar-refractivity contribution >= 4 is 101 Å². The third-order valence-electron chi connectivity index (χ3n) is 23.9. The molecule has 0 unspecified atom stereocenters. The molecule has 13 aromatic carbocycles. The average molecular weight is 1530 g/mol. The molecule has 0 saturated carbocycles. The zero-order valence-corrected chi connectivity index (χ0v) is 73.5. The van der Waals surface area contributed by atoms with Gasteiger partial charge in [0.05, 0.1) is 33.4 Å². The number of benzene rings is 13. The van der Waals surface area contributed by atoms with Gasteiger partial charge in [-0.2, -0.15) is 0 Å². The van der Waals surface area contributed by atoms with Crippen molar-refractivity contribution in [2.45, 2.75) is 189 Å². The minimum atomic E-state index is -0.327. The van der Waals surface area contributed by atoms with Crippen LogP contribution >= 0.6 is 0 Å². The lowest BCUT2D eigenvalue weighted by atomic mass is 9.33. The van der Waals surface area contributed by atoms with E-state index in [0.717, 1.165) is 72.6 Å². The molecule has 5 heteroatoms. The van der Waals surface area contributed by atoms with Crippen LogP contribution in [0.15, 0.2) is 267 Å². The fourth-order valence-electron chi connectivity index (χ4n) is 19.4. The normalized spacial score (nSPS) is 13.5. The highest BCUT2D eigenvalue weighted by atomic mass is 15.2. The molecule has 0 fully saturated rings. The van der Waals surface area contributed by atoms with E-state index in [1.807, 2.05) is 0 Å². The Labute approximate surface area is 698 Å². The molecule has 0 aliphatic carbocycles. The number of rotatable bonds is 14. The summed E-state index contributed by atoms with van der Waals surface area (Å²) in [6, 6.07) is 105. The summed E-state index contributed by atoms with van der Waals surface area (Å²) >= 11 is 0. The zero-order valence-electron chi connectivity index (χ0n) is 73.5. The summed E-state index contributed by atoms with van der Waals surface area (Å²) in [4.78, 5) is 5.51. The van der Waals surface area contributed by atoms with Crippen LogP contribution in [0.2, 0.25) is 0 Å². The molecule has 590 valence electrons. The van der Waals surface area contributed by atoms with Crippen molar-refractivity contribution in [1.29, 1.82) is 0 Å². The lowest BCUT2D eigenvalue weighted by molar-refractivity contribution is 0.411. The predicted octanol–water partition coefficient (Wildman–Crippen LogP) is 29.5. The number of fused-ring (bicyclic) bond motifs is 10. The number of aromatic nitrogens is 2. The van der Waals surface area contributed by atoms with E-state index in [1.54, 1.807) is 0 Å². The standard InChI is InChI=1S/C112H119BN4/c1-106(2,3)66-72-42-50-95-89(54-72)90-55-73(67-107(4,5)6)43-51-96(90)114(95)83-46-48-93-101(62-83)116(99-64-85(76-34-26-22-27-35-76)80(70-110(13,14)15)58-87(99)78-38-30-24-31-39-78)103-60-82(112(19,20)21)61-104-105(103)113(93)94-49-47-84(115-97-52-44-74(68-108(7,8)9)56-91(97)92-57-75(45-53-98(92)115)69-109(10,11)12)63-102(94)117(104)100-65-86(77-36-28-23-29-37-77)81(71-111(16,17)18)59-88(100)79-40-32-25-33-41-79/h22-65H,66-71H2,1-21H3. The van der Waals surface area contributed by atoms with Gasteiger partial charge in [0.1, 0.15) is 0 Å². The molecular weight excluding hydrogens is 1410 g/mol. The summed E-state index contributed by atoms with van der Waals surface area (Å²) < 4.78 is 5.20. The van der Waals surface area contributed by atoms with Gasteiger partial charge >= 0.3 is 0 Å². The first-order valence-electron chi connectivity index (χ1n) is 43.1. The Morgan fingerprint density at radius 1 is 0.239 bits per heavy atom. The van der Waals surface area contributed by atoms with E-state index in [2.05, 4.69) is 431 Å². The SMILES string of the molecule is CC(C)(C)Cc1ccc2c(c1)c1cc(CC(C)(C)C)ccc1n2-c1ccc2c(c1)N(c1cc(-c3ccccc3)c(CC(C)(C)C)cc1-c1ccccc1)c1cc(C(C)(C)C)cc3c1B2c1ccc(-n2c4ccc(CC(C)(C)C)cc4c4cc(CC(C)(C)C)ccc42)cc1N3c1cc(-c2ccccc2)c(CC(C)(C)C)cc1-c1ccccc1. The van der Waals surface area contributed by atoms with Gasteiger partial charge in [0.25, 0.3) is 6.71 Å². The van der Waals surface area contributed by atoms with Crippen LogP contribution in [-0.2, 0) is 43.9 Å². The quantitative estimate of drug-likeness (QED) is 0.101. The van der Waals surface area contributed by atoms with Crippen LogP contribution in [-0.4, -0.2) is 15.8 Å². The highest BCUT2D eigenvalue weighted by molar-refractivity contribution is 7.00. The molecule has 0 bridgehead atoms. The van der Waals surface area contributed by atoms with E-state index in [4.69, 9.17) is 0 Å². The molecule has 2 aromatic heterocycles. The molecule has 0 N–H and O–H groups in total. The van der Waals surface area contributed by atoms with Crippen molar-refractivity contribution in [1.82, 2.24) is 9.13 Å². The smallest absolute Gasteiger partial charge is 0.252 e. The van der Waals surface area contributed by atoms with Crippen molar-refractivity contribution in [2.75, 3.05) is 9.80 Å². The van der Waals surface area contributed by atoms with Crippen LogP contribution in [0.4, 0.5) is 34.1 Å². The fraction of sp³-hybridized carbons (Fsp3) is 0.304. The number of hydrogen-bond acceptors (Lipinski definition) is 2. The molecule has 0 amide bonds. The summed E-state index contributed by atoms with van der Waals surface area (Å²) in [7, 11) is 0. The Bertz CT molecular complexity index is 5810. The number of hydrogen-bond donors (Lipinski definition) is 0. The highest BCUT2D eigenvalue weighted by Gasteiger charge is 2.46. The molecule has 4 heterocycles. The molecule has 4 nitrogen and oxygen atoms in total. The van der Waals surface area contributed by atoms with Gasteiger partial charge in [0, 0.05) is 66.8 Å². The minimum Gasteiger partial charge on any atom is -0.311 e. The van der Waals surface area contributed by atoms with Gasteiger partial charge in [0.15, 0.2) is 0 Å². The van der Waals surface area contributed by atoms with Crippen LogP contribution in [0.25, 0.3) is 99.5 Å². The number of anilines is 6. The summed E-state index contributed by atoms with van der Waals surface area (Å²) in [6.07, 6.45) is 5.70. The fourth-order valence-corrected chi connectivity index (χ4v) is 19.4. The van der Waals surface area contributed by atoms with E-state index < -0.39 is 0 Å². The molecular formula is C112H119BN4. The predicted molar refractivity (Wildman–Crippen MR) is 509 cm³/mol. The van der Waals surface area contributed by atoms with Gasteiger partial charge in [-0.15, -0.1) is 0 Å². The molecule has 117 heavy (non-hydrogen) atoms. The molecule has 17 rings (SSSR count). The maximum Gasteiger partial charge on any atom is 0.252 e. The topological polar surface area (TPSA) is 16.3 Å². The zero-order chi connectivity index (χ0) is 82.4. The Morgan fingerprint density at radius 2 is 0.521 bits per heavy atom. The van der Waals surface area contributed by atoms with Gasteiger partial charge in [-0.3, -0.25) is 0 Å². The first-order chi connectivity index (χ1) is 55.3. The van der Waals surface area contributed by atoms with Crippen LogP contribution < -0.4 is 26.2 Å². The second-order valence-electron chi connectivity index (χ2n) is 42.8. The van der Waals surface area contributed by atoms with Crippen LogP contribution in [0.1, 0.15) is 184 Å². The van der Waals surface area contributed by atoms with E-state index in [9.17, 15) is 0 Å². The molecule has 2 aliphatic rings. The van der Waals surface area contributed by atoms with Crippen molar-refractivity contribution in [3.8, 4) is 55.9 Å². The van der Waals surface area contributed by atoms with Crippen LogP contribution in [0.5, 0.6) is 0 Å². The van der Waals surface area contributed by atoms with Gasteiger partial charge < -0.3 is 18.9 Å². The molecule has 0 radical (unpaired) electrons. The molecule has 0 atom stereocenters.